The summed E-state index contributed by atoms with van der Waals surface area (Å²) in [6.45, 7) is 34.4. The third-order valence-corrected chi connectivity index (χ3v) is 9.33. The van der Waals surface area contributed by atoms with Gasteiger partial charge in [-0.05, 0) is 113 Å². The molecule has 0 aromatic heterocycles. The number of para-hydroxylation sites is 1. The summed E-state index contributed by atoms with van der Waals surface area (Å²) in [7, 11) is 3.25. The van der Waals surface area contributed by atoms with E-state index >= 15 is 0 Å². The standard InChI is InChI=1S/C36H64O14.C22H34O4/c1-35(2,3)34(37)49-29-30-27-31(46-23-19-42-15-13-40-11-9-38-7)33(32(28-30)47-24-20-43-16-14-41-12-10-39-8)48-25-21-44-17-18-45-22-26-50-36(4,5)6;1-21(2,3)12-11-19-9-7-8-10-20(19)25-17-15-23-13-14-24-16-18-26-22(4,5)6/h27-28H,9-26,29H2,1-8H3;7-10H,13-18H2,1-6H3. The number of carbonyl (C=O) groups excluding carboxylic acids is 1. The molecule has 0 N–H and O–H groups in total. The molecule has 18 heteroatoms. The van der Waals surface area contributed by atoms with Gasteiger partial charge in [0.15, 0.2) is 11.5 Å². The minimum Gasteiger partial charge on any atom is -0.490 e. The molecule has 0 aliphatic rings. The van der Waals surface area contributed by atoms with Crippen molar-refractivity contribution in [3.8, 4) is 34.8 Å². The van der Waals surface area contributed by atoms with Crippen LogP contribution in [0.5, 0.6) is 23.0 Å². The highest BCUT2D eigenvalue weighted by Gasteiger charge is 2.24. The van der Waals surface area contributed by atoms with Crippen molar-refractivity contribution < 1.29 is 85.3 Å². The lowest BCUT2D eigenvalue weighted by Gasteiger charge is -2.20. The van der Waals surface area contributed by atoms with Crippen molar-refractivity contribution in [2.45, 2.75) is 101 Å². The molecule has 0 atom stereocenters. The Labute approximate surface area is 456 Å². The Morgan fingerprint density at radius 3 is 1.13 bits per heavy atom. The Hall–Kier alpha value is -3.81. The second-order valence-electron chi connectivity index (χ2n) is 20.9. The molecule has 2 aromatic rings. The normalized spacial score (nSPS) is 11.9. The van der Waals surface area contributed by atoms with E-state index in [2.05, 4.69) is 32.6 Å². The Bertz CT molecular complexity index is 1760. The number of ether oxygens (including phenoxy) is 17. The van der Waals surface area contributed by atoms with Gasteiger partial charge in [0.05, 0.1) is 154 Å². The van der Waals surface area contributed by atoms with Gasteiger partial charge in [0.2, 0.25) is 5.75 Å². The topological polar surface area (TPSA) is 174 Å². The fraction of sp³-hybridized carbons (Fsp3) is 0.741. The van der Waals surface area contributed by atoms with Gasteiger partial charge in [0.1, 0.15) is 38.8 Å². The molecule has 0 bridgehead atoms. The Morgan fingerprint density at radius 2 is 0.763 bits per heavy atom. The fourth-order valence-corrected chi connectivity index (χ4v) is 5.61. The van der Waals surface area contributed by atoms with Crippen LogP contribution in [0.4, 0.5) is 0 Å². The van der Waals surface area contributed by atoms with Crippen LogP contribution in [0.2, 0.25) is 0 Å². The minimum atomic E-state index is -0.651. The molecule has 0 aliphatic carbocycles. The first-order valence-electron chi connectivity index (χ1n) is 26.5. The zero-order valence-corrected chi connectivity index (χ0v) is 49.0. The third kappa shape index (κ3) is 41.3. The highest BCUT2D eigenvalue weighted by molar-refractivity contribution is 5.75. The predicted molar refractivity (Wildman–Crippen MR) is 292 cm³/mol. The number of benzene rings is 2. The number of hydrogen-bond acceptors (Lipinski definition) is 18. The molecule has 0 heterocycles. The molecule has 0 amide bonds. The maximum atomic E-state index is 12.5. The fourth-order valence-electron chi connectivity index (χ4n) is 5.61. The van der Waals surface area contributed by atoms with Crippen molar-refractivity contribution >= 4 is 5.97 Å². The average Bonchev–Trinajstić information content (AvgIpc) is 3.34. The lowest BCUT2D eigenvalue weighted by Crippen LogP contribution is -2.22. The van der Waals surface area contributed by atoms with E-state index in [1.807, 2.05) is 65.8 Å². The molecule has 0 aliphatic heterocycles. The van der Waals surface area contributed by atoms with Crippen LogP contribution in [0.1, 0.15) is 94.2 Å². The van der Waals surface area contributed by atoms with E-state index in [0.717, 1.165) is 11.3 Å². The molecule has 0 unspecified atom stereocenters. The molecular weight excluding hydrogens is 985 g/mol. The van der Waals surface area contributed by atoms with Crippen LogP contribution in [0, 0.1) is 22.7 Å². The maximum Gasteiger partial charge on any atom is 0.311 e. The van der Waals surface area contributed by atoms with Crippen molar-refractivity contribution in [3.63, 3.8) is 0 Å². The SMILES string of the molecule is CC(C)(C)C#Cc1ccccc1OCCOCCOCCOC(C)(C)C.COCCOCCOCCOc1cc(COC(=O)C(C)(C)C)cc(OCCOCCOCCOC)c1OCCOCCOCCOC(C)(C)C. The highest BCUT2D eigenvalue weighted by atomic mass is 16.6. The van der Waals surface area contributed by atoms with Crippen molar-refractivity contribution in [1.82, 2.24) is 0 Å². The Kier molecular flexibility index (Phi) is 39.0. The second kappa shape index (κ2) is 42.2. The number of esters is 1. The van der Waals surface area contributed by atoms with Gasteiger partial charge in [-0.2, -0.15) is 0 Å². The molecule has 0 saturated carbocycles. The molecule has 76 heavy (non-hydrogen) atoms. The number of rotatable bonds is 42. The van der Waals surface area contributed by atoms with E-state index in [4.69, 9.17) is 80.5 Å². The van der Waals surface area contributed by atoms with Gasteiger partial charge < -0.3 is 80.5 Å². The first-order valence-corrected chi connectivity index (χ1v) is 26.5. The van der Waals surface area contributed by atoms with E-state index in [-0.39, 0.29) is 49.0 Å². The van der Waals surface area contributed by atoms with Crippen LogP contribution in [-0.2, 0) is 73.0 Å². The van der Waals surface area contributed by atoms with E-state index in [1.54, 1.807) is 47.1 Å². The first kappa shape index (κ1) is 70.2. The van der Waals surface area contributed by atoms with Gasteiger partial charge in [0, 0.05) is 19.6 Å². The van der Waals surface area contributed by atoms with Gasteiger partial charge in [-0.25, -0.2) is 0 Å². The van der Waals surface area contributed by atoms with Crippen LogP contribution in [0.25, 0.3) is 0 Å². The molecular formula is C58H98O18. The van der Waals surface area contributed by atoms with Crippen LogP contribution in [0.3, 0.4) is 0 Å². The van der Waals surface area contributed by atoms with Gasteiger partial charge in [-0.1, -0.05) is 24.0 Å². The Morgan fingerprint density at radius 1 is 0.421 bits per heavy atom. The second-order valence-corrected chi connectivity index (χ2v) is 20.9. The van der Waals surface area contributed by atoms with Crippen LogP contribution < -0.4 is 18.9 Å². The van der Waals surface area contributed by atoms with Crippen molar-refractivity contribution in [1.29, 1.82) is 0 Å². The van der Waals surface area contributed by atoms with E-state index in [0.29, 0.717) is 162 Å². The summed E-state index contributed by atoms with van der Waals surface area (Å²) < 4.78 is 95.5. The molecule has 18 nitrogen and oxygen atoms in total. The molecule has 0 radical (unpaired) electrons. The first-order chi connectivity index (χ1) is 36.1. The van der Waals surface area contributed by atoms with Crippen LogP contribution in [0.15, 0.2) is 36.4 Å². The summed E-state index contributed by atoms with van der Waals surface area (Å²) in [6.07, 6.45) is 0. The minimum absolute atomic E-state index is 0.0254. The van der Waals surface area contributed by atoms with Crippen molar-refractivity contribution in [3.05, 3.63) is 47.5 Å². The van der Waals surface area contributed by atoms with Gasteiger partial charge in [-0.3, -0.25) is 4.79 Å². The van der Waals surface area contributed by atoms with Gasteiger partial charge >= 0.3 is 5.97 Å². The lowest BCUT2D eigenvalue weighted by molar-refractivity contribution is -0.154. The van der Waals surface area contributed by atoms with E-state index < -0.39 is 5.41 Å². The Balaban J connectivity index is 0.000000928. The average molecular weight is 1080 g/mol. The third-order valence-electron chi connectivity index (χ3n) is 9.33. The van der Waals surface area contributed by atoms with Crippen LogP contribution >= 0.6 is 0 Å². The molecule has 2 rings (SSSR count). The predicted octanol–water partition coefficient (Wildman–Crippen LogP) is 8.43. The van der Waals surface area contributed by atoms with E-state index in [9.17, 15) is 4.79 Å². The summed E-state index contributed by atoms with van der Waals surface area (Å²) in [4.78, 5) is 12.5. The summed E-state index contributed by atoms with van der Waals surface area (Å²) in [6, 6.07) is 11.4. The van der Waals surface area contributed by atoms with Gasteiger partial charge in [0.25, 0.3) is 0 Å². The molecule has 0 spiro atoms. The van der Waals surface area contributed by atoms with E-state index in [1.165, 1.54) is 0 Å². The number of methoxy groups -OCH3 is 2. The zero-order valence-electron chi connectivity index (χ0n) is 49.0. The maximum absolute atomic E-state index is 12.5. The monoisotopic (exact) mass is 1080 g/mol. The van der Waals surface area contributed by atoms with Gasteiger partial charge in [-0.15, -0.1) is 0 Å². The lowest BCUT2D eigenvalue weighted by atomic mass is 9.97. The summed E-state index contributed by atoms with van der Waals surface area (Å²) >= 11 is 0. The largest absolute Gasteiger partial charge is 0.490 e. The molecule has 0 fully saturated rings. The summed E-state index contributed by atoms with van der Waals surface area (Å²) in [5.74, 6) is 8.12. The zero-order chi connectivity index (χ0) is 56.4. The molecule has 2 aromatic carbocycles. The summed E-state index contributed by atoms with van der Waals surface area (Å²) in [5.41, 5.74) is 0.574. The quantitative estimate of drug-likeness (QED) is 0.0352. The summed E-state index contributed by atoms with van der Waals surface area (Å²) in [5, 5.41) is 0. The number of hydrogen-bond donors (Lipinski definition) is 0. The van der Waals surface area contributed by atoms with Crippen molar-refractivity contribution in [2.24, 2.45) is 10.8 Å². The molecule has 438 valence electrons. The highest BCUT2D eigenvalue weighted by Crippen LogP contribution is 2.39. The van der Waals surface area contributed by atoms with Crippen molar-refractivity contribution in [2.75, 3.05) is 173 Å². The van der Waals surface area contributed by atoms with Crippen LogP contribution in [-0.4, -0.2) is 190 Å². The number of carbonyl (C=O) groups is 1. The smallest absolute Gasteiger partial charge is 0.311 e. The molecule has 0 saturated heterocycles.